The van der Waals surface area contributed by atoms with Gasteiger partial charge in [0, 0.05) is 39.4 Å². The Morgan fingerprint density at radius 2 is 1.43 bits per heavy atom. The molecule has 0 radical (unpaired) electrons. The molecule has 5 nitrogen and oxygen atoms in total. The predicted octanol–water partition coefficient (Wildman–Crippen LogP) is 2.59. The molecule has 0 heterocycles. The van der Waals surface area contributed by atoms with Gasteiger partial charge in [0.25, 0.3) is 0 Å². The third kappa shape index (κ3) is 5.86. The van der Waals surface area contributed by atoms with Crippen LogP contribution in [0.25, 0.3) is 0 Å². The summed E-state index contributed by atoms with van der Waals surface area (Å²) in [5.74, 6) is -0.489. The molecule has 0 unspecified atom stereocenters. The van der Waals surface area contributed by atoms with Gasteiger partial charge in [-0.05, 0) is 19.8 Å². The molecule has 0 N–H and O–H groups in total. The van der Waals surface area contributed by atoms with Gasteiger partial charge in [-0.1, -0.05) is 26.7 Å². The Balaban J connectivity index is 5.06. The first-order chi connectivity index (χ1) is 9.69. The van der Waals surface area contributed by atoms with Crippen LogP contribution in [0.4, 0.5) is 0 Å². The molecule has 5 heteroatoms. The highest BCUT2D eigenvalue weighted by Crippen LogP contribution is 2.28. The number of rotatable bonds is 8. The lowest BCUT2D eigenvalue weighted by Crippen LogP contribution is -2.52. The third-order valence-electron chi connectivity index (χ3n) is 3.88. The second-order valence-electron chi connectivity index (χ2n) is 5.94. The van der Waals surface area contributed by atoms with Crippen LogP contribution in [-0.2, 0) is 14.4 Å². The summed E-state index contributed by atoms with van der Waals surface area (Å²) in [6.07, 6.45) is 3.61. The van der Waals surface area contributed by atoms with Crippen LogP contribution in [0.5, 0.6) is 0 Å². The minimum atomic E-state index is -0.429. The zero-order valence-electron chi connectivity index (χ0n) is 14.4. The monoisotopic (exact) mass is 298 g/mol. The van der Waals surface area contributed by atoms with Crippen molar-refractivity contribution in [2.45, 2.75) is 72.3 Å². The van der Waals surface area contributed by atoms with Crippen molar-refractivity contribution in [1.29, 1.82) is 0 Å². The minimum absolute atomic E-state index is 0.0814. The molecule has 0 aromatic heterocycles. The van der Waals surface area contributed by atoms with E-state index in [1.807, 2.05) is 6.92 Å². The highest BCUT2D eigenvalue weighted by atomic mass is 16.2. The summed E-state index contributed by atoms with van der Waals surface area (Å²) in [5, 5.41) is 0. The molecule has 0 aliphatic carbocycles. The maximum absolute atomic E-state index is 12.5. The van der Waals surface area contributed by atoms with E-state index in [4.69, 9.17) is 0 Å². The van der Waals surface area contributed by atoms with E-state index >= 15 is 0 Å². The summed E-state index contributed by atoms with van der Waals surface area (Å²) in [5.41, 5.74) is -0.429. The van der Waals surface area contributed by atoms with Crippen LogP contribution in [-0.4, -0.2) is 46.7 Å². The van der Waals surface area contributed by atoms with Crippen LogP contribution in [0.2, 0.25) is 0 Å². The fraction of sp³-hybridized carbons (Fsp3) is 0.812. The number of hydrogen-bond donors (Lipinski definition) is 0. The predicted molar refractivity (Wildman–Crippen MR) is 83.7 cm³/mol. The molecule has 0 rings (SSSR count). The summed E-state index contributed by atoms with van der Waals surface area (Å²) >= 11 is 0. The molecule has 21 heavy (non-hydrogen) atoms. The topological polar surface area (TPSA) is 57.7 Å². The maximum atomic E-state index is 12.5. The van der Waals surface area contributed by atoms with Crippen molar-refractivity contribution in [3.8, 4) is 0 Å². The summed E-state index contributed by atoms with van der Waals surface area (Å²) in [4.78, 5) is 38.6. The van der Waals surface area contributed by atoms with E-state index in [1.165, 1.54) is 23.6 Å². The van der Waals surface area contributed by atoms with Crippen molar-refractivity contribution in [3.63, 3.8) is 0 Å². The van der Waals surface area contributed by atoms with E-state index < -0.39 is 5.54 Å². The lowest BCUT2D eigenvalue weighted by Gasteiger charge is -2.40. The molecular weight excluding hydrogens is 268 g/mol. The van der Waals surface area contributed by atoms with Crippen LogP contribution < -0.4 is 0 Å². The number of imide groups is 1. The van der Waals surface area contributed by atoms with E-state index in [0.717, 1.165) is 25.7 Å². The Bertz CT molecular complexity index is 374. The fourth-order valence-electron chi connectivity index (χ4n) is 2.82. The van der Waals surface area contributed by atoms with Gasteiger partial charge in [-0.2, -0.15) is 0 Å². The average Bonchev–Trinajstić information content (AvgIpc) is 2.35. The molecule has 0 fully saturated rings. The van der Waals surface area contributed by atoms with Crippen LogP contribution in [0.1, 0.15) is 66.7 Å². The van der Waals surface area contributed by atoms with Gasteiger partial charge in [-0.3, -0.25) is 19.3 Å². The minimum Gasteiger partial charge on any atom is -0.345 e. The summed E-state index contributed by atoms with van der Waals surface area (Å²) in [7, 11) is 1.66. The molecule has 0 spiro atoms. The lowest BCUT2D eigenvalue weighted by molar-refractivity contribution is -0.151. The zero-order valence-corrected chi connectivity index (χ0v) is 14.4. The Morgan fingerprint density at radius 3 is 1.76 bits per heavy atom. The molecule has 0 atom stereocenters. The van der Waals surface area contributed by atoms with E-state index in [0.29, 0.717) is 6.54 Å². The third-order valence-corrected chi connectivity index (χ3v) is 3.88. The average molecular weight is 298 g/mol. The number of carbonyl (C=O) groups excluding carboxylic acids is 3. The van der Waals surface area contributed by atoms with Gasteiger partial charge >= 0.3 is 0 Å². The Labute approximate surface area is 128 Å². The number of hydrogen-bond acceptors (Lipinski definition) is 3. The van der Waals surface area contributed by atoms with E-state index in [2.05, 4.69) is 13.8 Å². The first-order valence-electron chi connectivity index (χ1n) is 7.75. The first kappa shape index (κ1) is 19.6. The molecule has 0 saturated heterocycles. The molecule has 0 aliphatic heterocycles. The Hall–Kier alpha value is -1.39. The van der Waals surface area contributed by atoms with Crippen molar-refractivity contribution in [2.75, 3.05) is 13.6 Å². The van der Waals surface area contributed by atoms with Gasteiger partial charge in [0.05, 0.1) is 0 Å². The van der Waals surface area contributed by atoms with Crippen molar-refractivity contribution >= 4 is 17.7 Å². The number of amides is 3. The molecular formula is C16H30N2O3. The summed E-state index contributed by atoms with van der Waals surface area (Å²) in [6, 6.07) is 0. The van der Waals surface area contributed by atoms with Crippen molar-refractivity contribution in [1.82, 2.24) is 9.80 Å². The Kier molecular flexibility index (Phi) is 8.22. The van der Waals surface area contributed by atoms with Gasteiger partial charge in [-0.25, -0.2) is 0 Å². The SMILES string of the molecule is CCCC(C)(CCC)N(C(C)=O)C(=O)CCN(C)C(C)=O. The van der Waals surface area contributed by atoms with Gasteiger partial charge in [0.1, 0.15) is 0 Å². The van der Waals surface area contributed by atoms with Crippen LogP contribution >= 0.6 is 0 Å². The van der Waals surface area contributed by atoms with E-state index in [-0.39, 0.29) is 24.1 Å². The van der Waals surface area contributed by atoms with Gasteiger partial charge in [0.15, 0.2) is 0 Å². The molecule has 0 bridgehead atoms. The second-order valence-corrected chi connectivity index (χ2v) is 5.94. The molecule has 0 aromatic carbocycles. The van der Waals surface area contributed by atoms with Crippen molar-refractivity contribution < 1.29 is 14.4 Å². The first-order valence-corrected chi connectivity index (χ1v) is 7.75. The van der Waals surface area contributed by atoms with Crippen LogP contribution in [0.15, 0.2) is 0 Å². The molecule has 122 valence electrons. The second kappa shape index (κ2) is 8.80. The number of nitrogens with zero attached hydrogens (tertiary/aromatic N) is 2. The largest absolute Gasteiger partial charge is 0.345 e. The standard InChI is InChI=1S/C16H30N2O3/c1-7-10-16(5,11-8-2)18(14(4)20)15(21)9-12-17(6)13(3)19/h7-12H2,1-6H3. The van der Waals surface area contributed by atoms with Crippen LogP contribution in [0, 0.1) is 0 Å². The lowest BCUT2D eigenvalue weighted by atomic mass is 9.88. The molecule has 0 saturated carbocycles. The normalized spacial score (nSPS) is 11.1. The summed E-state index contributed by atoms with van der Waals surface area (Å²) in [6.45, 7) is 9.34. The smallest absolute Gasteiger partial charge is 0.231 e. The van der Waals surface area contributed by atoms with Gasteiger partial charge < -0.3 is 4.90 Å². The molecule has 3 amide bonds. The Morgan fingerprint density at radius 1 is 0.952 bits per heavy atom. The van der Waals surface area contributed by atoms with Crippen LogP contribution in [0.3, 0.4) is 0 Å². The maximum Gasteiger partial charge on any atom is 0.231 e. The van der Waals surface area contributed by atoms with E-state index in [9.17, 15) is 14.4 Å². The van der Waals surface area contributed by atoms with Crippen molar-refractivity contribution in [3.05, 3.63) is 0 Å². The van der Waals surface area contributed by atoms with Gasteiger partial charge in [0.2, 0.25) is 17.7 Å². The van der Waals surface area contributed by atoms with Gasteiger partial charge in [-0.15, -0.1) is 0 Å². The number of carbonyl (C=O) groups is 3. The highest BCUT2D eigenvalue weighted by molar-refractivity contribution is 5.95. The zero-order chi connectivity index (χ0) is 16.6. The van der Waals surface area contributed by atoms with E-state index in [1.54, 1.807) is 7.05 Å². The molecule has 0 aromatic rings. The van der Waals surface area contributed by atoms with Crippen molar-refractivity contribution in [2.24, 2.45) is 0 Å². The quantitative estimate of drug-likeness (QED) is 0.692. The summed E-state index contributed by atoms with van der Waals surface area (Å²) < 4.78 is 0. The fourth-order valence-corrected chi connectivity index (χ4v) is 2.82. The highest BCUT2D eigenvalue weighted by Gasteiger charge is 2.36. The molecule has 0 aliphatic rings.